The zero-order valence-corrected chi connectivity index (χ0v) is 5.78. The first-order valence-corrected chi connectivity index (χ1v) is 3.02. The summed E-state index contributed by atoms with van der Waals surface area (Å²) >= 11 is 4.59. The second-order valence-electron chi connectivity index (χ2n) is 1.85. The number of thiocarbonyl (C=S) groups is 1. The molecule has 1 rings (SSSR count). The van der Waals surface area contributed by atoms with Crippen LogP contribution in [0, 0.1) is 0 Å². The average Bonchev–Trinajstić information content (AvgIpc) is 1.80. The Morgan fingerprint density at radius 2 is 2.44 bits per heavy atom. The number of halogens is 1. The molecule has 1 heterocycles. The van der Waals surface area contributed by atoms with E-state index in [1.54, 1.807) is 13.0 Å². The molecular formula is C6H6FNS. The van der Waals surface area contributed by atoms with Crippen LogP contribution >= 0.6 is 12.2 Å². The molecule has 0 spiro atoms. The molecule has 9 heavy (non-hydrogen) atoms. The van der Waals surface area contributed by atoms with E-state index in [4.69, 9.17) is 0 Å². The second kappa shape index (κ2) is 2.35. The lowest BCUT2D eigenvalue weighted by molar-refractivity contribution is 0.493. The van der Waals surface area contributed by atoms with Gasteiger partial charge in [-0.15, -0.1) is 0 Å². The van der Waals surface area contributed by atoms with E-state index in [9.17, 15) is 4.39 Å². The Balaban J connectivity index is 2.82. The Morgan fingerprint density at radius 1 is 1.78 bits per heavy atom. The minimum absolute atomic E-state index is 0.134. The monoisotopic (exact) mass is 143 g/mol. The van der Waals surface area contributed by atoms with Crippen LogP contribution in [0.4, 0.5) is 4.39 Å². The number of hydrogen-bond acceptors (Lipinski definition) is 1. The zero-order chi connectivity index (χ0) is 6.85. The maximum atomic E-state index is 12.4. The Kier molecular flexibility index (Phi) is 1.71. The van der Waals surface area contributed by atoms with E-state index in [-0.39, 0.29) is 4.99 Å². The minimum atomic E-state index is -1.15. The van der Waals surface area contributed by atoms with Gasteiger partial charge in [-0.05, 0) is 19.1 Å². The van der Waals surface area contributed by atoms with Gasteiger partial charge in [-0.2, -0.15) is 0 Å². The van der Waals surface area contributed by atoms with Crippen molar-refractivity contribution in [1.82, 2.24) is 0 Å². The predicted molar refractivity (Wildman–Crippen MR) is 39.7 cm³/mol. The SMILES string of the molecule is CC1=NC(=S)C(F)C=C1. The lowest BCUT2D eigenvalue weighted by Gasteiger charge is -2.05. The number of dihydropyridines is 1. The van der Waals surface area contributed by atoms with Crippen LogP contribution in [-0.2, 0) is 0 Å². The predicted octanol–water partition coefficient (Wildman–Crippen LogP) is 1.68. The summed E-state index contributed by atoms with van der Waals surface area (Å²) in [7, 11) is 0. The molecule has 0 aromatic rings. The van der Waals surface area contributed by atoms with E-state index in [2.05, 4.69) is 17.2 Å². The maximum Gasteiger partial charge on any atom is 0.171 e. The first-order valence-electron chi connectivity index (χ1n) is 2.61. The number of hydrogen-bond donors (Lipinski definition) is 0. The van der Waals surface area contributed by atoms with Gasteiger partial charge < -0.3 is 0 Å². The van der Waals surface area contributed by atoms with Gasteiger partial charge in [-0.1, -0.05) is 12.2 Å². The molecule has 1 nitrogen and oxygen atoms in total. The number of nitrogens with zero attached hydrogens (tertiary/aromatic N) is 1. The molecule has 0 bridgehead atoms. The van der Waals surface area contributed by atoms with Gasteiger partial charge in [0.1, 0.15) is 4.99 Å². The standard InChI is InChI=1S/C6H6FNS/c1-4-2-3-5(7)6(9)8-4/h2-3,5H,1H3. The van der Waals surface area contributed by atoms with Crippen LogP contribution in [0.5, 0.6) is 0 Å². The molecular weight excluding hydrogens is 137 g/mol. The van der Waals surface area contributed by atoms with E-state index in [1.165, 1.54) is 6.08 Å². The van der Waals surface area contributed by atoms with Crippen LogP contribution in [0.3, 0.4) is 0 Å². The molecule has 1 atom stereocenters. The van der Waals surface area contributed by atoms with Crippen molar-refractivity contribution in [2.24, 2.45) is 4.99 Å². The van der Waals surface area contributed by atoms with Crippen LogP contribution in [0.25, 0.3) is 0 Å². The van der Waals surface area contributed by atoms with Crippen molar-refractivity contribution in [3.63, 3.8) is 0 Å². The normalized spacial score (nSPS) is 26.2. The van der Waals surface area contributed by atoms with Gasteiger partial charge in [-0.25, -0.2) is 9.38 Å². The summed E-state index contributed by atoms with van der Waals surface area (Å²) in [6.07, 6.45) is 1.88. The van der Waals surface area contributed by atoms with Gasteiger partial charge in [0.15, 0.2) is 6.17 Å². The quantitative estimate of drug-likeness (QED) is 0.470. The third-order valence-electron chi connectivity index (χ3n) is 1.03. The zero-order valence-electron chi connectivity index (χ0n) is 4.97. The molecule has 0 aliphatic carbocycles. The summed E-state index contributed by atoms with van der Waals surface area (Å²) in [5, 5.41) is 0. The molecule has 0 aromatic carbocycles. The highest BCUT2D eigenvalue weighted by Gasteiger charge is 2.10. The first-order chi connectivity index (χ1) is 4.20. The minimum Gasteiger partial charge on any atom is -0.243 e. The van der Waals surface area contributed by atoms with Gasteiger partial charge in [0, 0.05) is 5.71 Å². The Bertz CT molecular complexity index is 195. The van der Waals surface area contributed by atoms with Crippen molar-refractivity contribution in [1.29, 1.82) is 0 Å². The fraction of sp³-hybridized carbons (Fsp3) is 0.333. The topological polar surface area (TPSA) is 12.4 Å². The molecule has 3 heteroatoms. The van der Waals surface area contributed by atoms with Crippen LogP contribution in [0.1, 0.15) is 6.92 Å². The van der Waals surface area contributed by atoms with E-state index >= 15 is 0 Å². The van der Waals surface area contributed by atoms with Crippen molar-refractivity contribution in [3.8, 4) is 0 Å². The van der Waals surface area contributed by atoms with E-state index in [0.29, 0.717) is 0 Å². The van der Waals surface area contributed by atoms with Crippen molar-refractivity contribution in [3.05, 3.63) is 12.2 Å². The number of alkyl halides is 1. The Labute approximate surface area is 58.3 Å². The number of rotatable bonds is 0. The summed E-state index contributed by atoms with van der Waals surface area (Å²) in [5.41, 5.74) is 0.772. The van der Waals surface area contributed by atoms with Crippen molar-refractivity contribution >= 4 is 22.9 Å². The van der Waals surface area contributed by atoms with Crippen LogP contribution in [0.15, 0.2) is 17.1 Å². The molecule has 48 valence electrons. The molecule has 0 aromatic heterocycles. The summed E-state index contributed by atoms with van der Waals surface area (Å²) in [6, 6.07) is 0. The summed E-state index contributed by atoms with van der Waals surface area (Å²) < 4.78 is 12.4. The van der Waals surface area contributed by atoms with Crippen LogP contribution in [-0.4, -0.2) is 16.9 Å². The highest BCUT2D eigenvalue weighted by atomic mass is 32.1. The smallest absolute Gasteiger partial charge is 0.171 e. The van der Waals surface area contributed by atoms with Crippen molar-refractivity contribution < 1.29 is 4.39 Å². The van der Waals surface area contributed by atoms with Crippen LogP contribution in [0.2, 0.25) is 0 Å². The summed E-state index contributed by atoms with van der Waals surface area (Å²) in [5.74, 6) is 0. The van der Waals surface area contributed by atoms with Crippen LogP contribution < -0.4 is 0 Å². The van der Waals surface area contributed by atoms with Crippen molar-refractivity contribution in [2.45, 2.75) is 13.1 Å². The van der Waals surface area contributed by atoms with Gasteiger partial charge in [0.2, 0.25) is 0 Å². The lowest BCUT2D eigenvalue weighted by Crippen LogP contribution is -2.13. The number of aliphatic imine (C=N–C) groups is 1. The summed E-state index contributed by atoms with van der Waals surface area (Å²) in [4.78, 5) is 3.88. The van der Waals surface area contributed by atoms with E-state index in [0.717, 1.165) is 5.71 Å². The molecule has 0 saturated carbocycles. The fourth-order valence-corrected chi connectivity index (χ4v) is 0.801. The molecule has 0 amide bonds. The Morgan fingerprint density at radius 3 is 2.89 bits per heavy atom. The van der Waals surface area contributed by atoms with E-state index in [1.807, 2.05) is 0 Å². The number of allylic oxidation sites excluding steroid dienone is 1. The maximum absolute atomic E-state index is 12.4. The van der Waals surface area contributed by atoms with Gasteiger partial charge in [-0.3, -0.25) is 0 Å². The highest BCUT2D eigenvalue weighted by molar-refractivity contribution is 7.80. The molecule has 0 N–H and O–H groups in total. The van der Waals surface area contributed by atoms with Gasteiger partial charge >= 0.3 is 0 Å². The third-order valence-corrected chi connectivity index (χ3v) is 1.35. The molecule has 0 radical (unpaired) electrons. The molecule has 1 unspecified atom stereocenters. The average molecular weight is 143 g/mol. The van der Waals surface area contributed by atoms with Gasteiger partial charge in [0.25, 0.3) is 0 Å². The first kappa shape index (κ1) is 6.55. The molecule has 0 saturated heterocycles. The second-order valence-corrected chi connectivity index (χ2v) is 2.27. The molecule has 1 aliphatic heterocycles. The van der Waals surface area contributed by atoms with Gasteiger partial charge in [0.05, 0.1) is 0 Å². The molecule has 0 fully saturated rings. The fourth-order valence-electron chi connectivity index (χ4n) is 0.579. The Hall–Kier alpha value is -0.570. The summed E-state index contributed by atoms with van der Waals surface area (Å²) in [6.45, 7) is 1.79. The third kappa shape index (κ3) is 1.42. The van der Waals surface area contributed by atoms with E-state index < -0.39 is 6.17 Å². The molecule has 1 aliphatic rings. The highest BCUT2D eigenvalue weighted by Crippen LogP contribution is 2.05. The largest absolute Gasteiger partial charge is 0.243 e. The lowest BCUT2D eigenvalue weighted by atomic mass is 10.2. The van der Waals surface area contributed by atoms with Crippen molar-refractivity contribution in [2.75, 3.05) is 0 Å².